The van der Waals surface area contributed by atoms with Crippen LogP contribution in [0.3, 0.4) is 0 Å². The zero-order valence-corrected chi connectivity index (χ0v) is 11.5. The van der Waals surface area contributed by atoms with Gasteiger partial charge in [-0.1, -0.05) is 43.3 Å². The van der Waals surface area contributed by atoms with Crippen molar-refractivity contribution in [3.8, 4) is 5.75 Å². The Kier molecular flexibility index (Phi) is 4.91. The van der Waals surface area contributed by atoms with Gasteiger partial charge >= 0.3 is 0 Å². The van der Waals surface area contributed by atoms with Crippen molar-refractivity contribution in [2.24, 2.45) is 0 Å². The van der Waals surface area contributed by atoms with Crippen LogP contribution >= 0.6 is 0 Å². The summed E-state index contributed by atoms with van der Waals surface area (Å²) >= 11 is 0. The third-order valence-electron chi connectivity index (χ3n) is 3.13. The van der Waals surface area contributed by atoms with Crippen molar-refractivity contribution in [3.05, 3.63) is 65.2 Å². The molecule has 0 fully saturated rings. The van der Waals surface area contributed by atoms with Gasteiger partial charge in [-0.25, -0.2) is 0 Å². The second-order valence-electron chi connectivity index (χ2n) is 4.54. The molecule has 0 aromatic heterocycles. The molecule has 0 heterocycles. The second kappa shape index (κ2) is 6.87. The van der Waals surface area contributed by atoms with E-state index in [0.29, 0.717) is 17.9 Å². The van der Waals surface area contributed by atoms with E-state index >= 15 is 0 Å². The number of hydrogen-bond donors (Lipinski definition) is 1. The summed E-state index contributed by atoms with van der Waals surface area (Å²) in [4.78, 5) is 11.8. The first kappa shape index (κ1) is 14.3. The maximum absolute atomic E-state index is 11.8. The Hall–Kier alpha value is -2.13. The summed E-state index contributed by atoms with van der Waals surface area (Å²) in [6.45, 7) is 1.92. The third-order valence-corrected chi connectivity index (χ3v) is 3.13. The van der Waals surface area contributed by atoms with Gasteiger partial charge in [0.05, 0.1) is 5.56 Å². The fourth-order valence-electron chi connectivity index (χ4n) is 1.96. The number of hydrogen-bond acceptors (Lipinski definition) is 3. The first-order valence-corrected chi connectivity index (χ1v) is 6.68. The molecule has 0 radical (unpaired) electrons. The lowest BCUT2D eigenvalue weighted by Gasteiger charge is -2.11. The summed E-state index contributed by atoms with van der Waals surface area (Å²) in [6.07, 6.45) is 0.838. The highest BCUT2D eigenvalue weighted by Gasteiger charge is 2.12. The number of ether oxygens (including phenoxy) is 1. The number of rotatable bonds is 6. The van der Waals surface area contributed by atoms with Gasteiger partial charge in [-0.15, -0.1) is 0 Å². The van der Waals surface area contributed by atoms with Gasteiger partial charge < -0.3 is 9.84 Å². The van der Waals surface area contributed by atoms with E-state index in [1.54, 1.807) is 12.1 Å². The summed E-state index contributed by atoms with van der Waals surface area (Å²) in [7, 11) is 0. The Bertz CT molecular complexity index is 576. The Labute approximate surface area is 118 Å². The summed E-state index contributed by atoms with van der Waals surface area (Å²) in [5.41, 5.74) is 2.53. The molecule has 0 aliphatic carbocycles. The normalized spacial score (nSPS) is 10.3. The predicted molar refractivity (Wildman–Crippen MR) is 78.0 cm³/mol. The fourth-order valence-corrected chi connectivity index (χ4v) is 1.96. The van der Waals surface area contributed by atoms with Crippen LogP contribution in [0.25, 0.3) is 0 Å². The van der Waals surface area contributed by atoms with Crippen molar-refractivity contribution in [2.45, 2.75) is 20.0 Å². The maximum atomic E-state index is 11.8. The van der Waals surface area contributed by atoms with Crippen molar-refractivity contribution in [1.29, 1.82) is 0 Å². The lowest BCUT2D eigenvalue weighted by Crippen LogP contribution is -2.08. The van der Waals surface area contributed by atoms with Crippen LogP contribution in [-0.2, 0) is 13.0 Å². The number of carbonyl (C=O) groups is 1. The second-order valence-corrected chi connectivity index (χ2v) is 4.54. The molecule has 3 heteroatoms. The molecule has 0 spiro atoms. The largest absolute Gasteiger partial charge is 0.488 e. The average Bonchev–Trinajstić information content (AvgIpc) is 2.53. The number of aliphatic hydroxyl groups excluding tert-OH is 1. The van der Waals surface area contributed by atoms with E-state index in [9.17, 15) is 4.79 Å². The molecule has 104 valence electrons. The highest BCUT2D eigenvalue weighted by molar-refractivity contribution is 5.99. The van der Waals surface area contributed by atoms with Gasteiger partial charge in [0.1, 0.15) is 19.0 Å². The minimum atomic E-state index is -0.505. The van der Waals surface area contributed by atoms with Gasteiger partial charge in [0.25, 0.3) is 0 Å². The zero-order chi connectivity index (χ0) is 14.4. The summed E-state index contributed by atoms with van der Waals surface area (Å²) in [6, 6.07) is 15.3. The van der Waals surface area contributed by atoms with Crippen LogP contribution < -0.4 is 4.74 Å². The van der Waals surface area contributed by atoms with Crippen LogP contribution in [0.15, 0.2) is 48.5 Å². The van der Waals surface area contributed by atoms with Gasteiger partial charge in [0, 0.05) is 0 Å². The maximum Gasteiger partial charge on any atom is 0.191 e. The van der Waals surface area contributed by atoms with Crippen LogP contribution in [-0.4, -0.2) is 17.5 Å². The first-order chi connectivity index (χ1) is 9.74. The molecule has 0 bridgehead atoms. The van der Waals surface area contributed by atoms with Gasteiger partial charge in [0.15, 0.2) is 5.78 Å². The molecule has 0 unspecified atom stereocenters. The fraction of sp³-hybridized carbons (Fsp3) is 0.235. The highest BCUT2D eigenvalue weighted by atomic mass is 16.5. The van der Waals surface area contributed by atoms with E-state index < -0.39 is 6.61 Å². The van der Waals surface area contributed by atoms with E-state index in [0.717, 1.165) is 17.5 Å². The number of benzene rings is 2. The van der Waals surface area contributed by atoms with Gasteiger partial charge in [-0.3, -0.25) is 4.79 Å². The Balaban J connectivity index is 2.20. The van der Waals surface area contributed by atoms with Crippen LogP contribution in [0.4, 0.5) is 0 Å². The number of Topliss-reactive ketones (excluding diaryl/α,β-unsaturated/α-hetero) is 1. The van der Waals surface area contributed by atoms with E-state index in [1.165, 1.54) is 0 Å². The molecule has 0 atom stereocenters. The van der Waals surface area contributed by atoms with Gasteiger partial charge in [-0.2, -0.15) is 0 Å². The summed E-state index contributed by atoms with van der Waals surface area (Å²) in [5, 5.41) is 9.06. The van der Waals surface area contributed by atoms with E-state index in [4.69, 9.17) is 9.84 Å². The smallest absolute Gasteiger partial charge is 0.191 e. The Morgan fingerprint density at radius 3 is 2.50 bits per heavy atom. The molecule has 0 aliphatic heterocycles. The molecule has 1 N–H and O–H groups in total. The molecule has 0 amide bonds. The van der Waals surface area contributed by atoms with Crippen molar-refractivity contribution in [3.63, 3.8) is 0 Å². The quantitative estimate of drug-likeness (QED) is 0.821. The molecule has 0 saturated carbocycles. The van der Waals surface area contributed by atoms with Crippen molar-refractivity contribution in [1.82, 2.24) is 0 Å². The SMILES string of the molecule is CCc1ccc(OCc2ccccc2)c(C(=O)CO)c1. The Morgan fingerprint density at radius 1 is 1.10 bits per heavy atom. The Morgan fingerprint density at radius 2 is 1.85 bits per heavy atom. The van der Waals surface area contributed by atoms with Crippen molar-refractivity contribution in [2.75, 3.05) is 6.61 Å². The van der Waals surface area contributed by atoms with E-state index in [-0.39, 0.29) is 5.78 Å². The lowest BCUT2D eigenvalue weighted by molar-refractivity contribution is 0.0899. The summed E-state index contributed by atoms with van der Waals surface area (Å²) in [5.74, 6) is 0.202. The number of carbonyl (C=O) groups excluding carboxylic acids is 1. The molecule has 2 rings (SSSR count). The van der Waals surface area contributed by atoms with Crippen molar-refractivity contribution < 1.29 is 14.6 Å². The molecule has 2 aromatic rings. The molecule has 2 aromatic carbocycles. The van der Waals surface area contributed by atoms with E-state index in [2.05, 4.69) is 0 Å². The number of aryl methyl sites for hydroxylation is 1. The third kappa shape index (κ3) is 3.45. The predicted octanol–water partition coefficient (Wildman–Crippen LogP) is 3.00. The molecule has 0 aliphatic rings. The first-order valence-electron chi connectivity index (χ1n) is 6.68. The van der Waals surface area contributed by atoms with E-state index in [1.807, 2.05) is 43.3 Å². The zero-order valence-electron chi connectivity index (χ0n) is 11.5. The van der Waals surface area contributed by atoms with Gasteiger partial charge in [-0.05, 0) is 29.7 Å². The average molecular weight is 270 g/mol. The summed E-state index contributed by atoms with van der Waals surface area (Å²) < 4.78 is 5.71. The lowest BCUT2D eigenvalue weighted by atomic mass is 10.0. The number of aliphatic hydroxyl groups is 1. The molecule has 0 saturated heterocycles. The molecule has 20 heavy (non-hydrogen) atoms. The monoisotopic (exact) mass is 270 g/mol. The van der Waals surface area contributed by atoms with Crippen LogP contribution in [0.1, 0.15) is 28.4 Å². The minimum Gasteiger partial charge on any atom is -0.488 e. The standard InChI is InChI=1S/C17H18O3/c1-2-13-8-9-17(15(10-13)16(19)11-18)20-12-14-6-4-3-5-7-14/h3-10,18H,2,11-12H2,1H3. The van der Waals surface area contributed by atoms with Crippen molar-refractivity contribution >= 4 is 5.78 Å². The van der Waals surface area contributed by atoms with Crippen LogP contribution in [0.5, 0.6) is 5.75 Å². The molecule has 3 nitrogen and oxygen atoms in total. The molecular weight excluding hydrogens is 252 g/mol. The van der Waals surface area contributed by atoms with Crippen LogP contribution in [0.2, 0.25) is 0 Å². The van der Waals surface area contributed by atoms with Gasteiger partial charge in [0.2, 0.25) is 0 Å². The van der Waals surface area contributed by atoms with Crippen LogP contribution in [0, 0.1) is 0 Å². The minimum absolute atomic E-state index is 0.316. The topological polar surface area (TPSA) is 46.5 Å². The highest BCUT2D eigenvalue weighted by Crippen LogP contribution is 2.22. The molecular formula is C17H18O3. The number of ketones is 1.